The number of ether oxygens (including phenoxy) is 3. The summed E-state index contributed by atoms with van der Waals surface area (Å²) in [5.74, 6) is 0.436. The molecule has 7 heteroatoms. The van der Waals surface area contributed by atoms with Crippen molar-refractivity contribution >= 4 is 11.8 Å². The van der Waals surface area contributed by atoms with Crippen LogP contribution in [0.5, 0.6) is 18.0 Å². The zero-order valence-electron chi connectivity index (χ0n) is 10.2. The van der Waals surface area contributed by atoms with Crippen molar-refractivity contribution in [2.45, 2.75) is 0 Å². The minimum atomic E-state index is 0.139. The van der Waals surface area contributed by atoms with Crippen molar-refractivity contribution in [2.24, 2.45) is 0 Å². The van der Waals surface area contributed by atoms with E-state index in [1.807, 2.05) is 6.26 Å². The zero-order valence-corrected chi connectivity index (χ0v) is 11.0. The van der Waals surface area contributed by atoms with Crippen molar-refractivity contribution in [3.05, 3.63) is 25.3 Å². The van der Waals surface area contributed by atoms with Gasteiger partial charge < -0.3 is 14.2 Å². The SMILES string of the molecule is C=CCOc1nc(OCC=C)nc(OCSC)n1. The smallest absolute Gasteiger partial charge is 0.326 e. The molecule has 98 valence electrons. The fourth-order valence-electron chi connectivity index (χ4n) is 0.893. The molecule has 0 spiro atoms. The van der Waals surface area contributed by atoms with Gasteiger partial charge in [-0.25, -0.2) is 0 Å². The van der Waals surface area contributed by atoms with Gasteiger partial charge in [0.1, 0.15) is 19.2 Å². The van der Waals surface area contributed by atoms with Crippen LogP contribution in [0.15, 0.2) is 25.3 Å². The summed E-state index contributed by atoms with van der Waals surface area (Å²) < 4.78 is 15.7. The first-order valence-electron chi connectivity index (χ1n) is 5.15. The summed E-state index contributed by atoms with van der Waals surface area (Å²) in [6.45, 7) is 7.69. The zero-order chi connectivity index (χ0) is 13.2. The molecule has 1 aromatic rings. The summed E-state index contributed by atoms with van der Waals surface area (Å²) >= 11 is 1.51. The van der Waals surface area contributed by atoms with Crippen LogP contribution in [0, 0.1) is 0 Å². The Kier molecular flexibility index (Phi) is 6.63. The second-order valence-electron chi connectivity index (χ2n) is 2.93. The number of hydrogen-bond donors (Lipinski definition) is 0. The largest absolute Gasteiger partial charge is 0.459 e. The van der Waals surface area contributed by atoms with E-state index >= 15 is 0 Å². The molecule has 6 nitrogen and oxygen atoms in total. The first-order valence-corrected chi connectivity index (χ1v) is 6.54. The first kappa shape index (κ1) is 14.3. The van der Waals surface area contributed by atoms with Gasteiger partial charge in [0.2, 0.25) is 0 Å². The molecule has 1 rings (SSSR count). The van der Waals surface area contributed by atoms with Crippen LogP contribution >= 0.6 is 11.8 Å². The van der Waals surface area contributed by atoms with Crippen LogP contribution in [-0.2, 0) is 0 Å². The highest BCUT2D eigenvalue weighted by Crippen LogP contribution is 2.15. The molecule has 18 heavy (non-hydrogen) atoms. The molecule has 0 aliphatic heterocycles. The number of thioether (sulfide) groups is 1. The quantitative estimate of drug-likeness (QED) is 0.499. The Morgan fingerprint density at radius 1 is 0.944 bits per heavy atom. The second kappa shape index (κ2) is 8.35. The van der Waals surface area contributed by atoms with Crippen molar-refractivity contribution in [1.29, 1.82) is 0 Å². The summed E-state index contributed by atoms with van der Waals surface area (Å²) in [5.41, 5.74) is 0. The highest BCUT2D eigenvalue weighted by molar-refractivity contribution is 7.98. The Balaban J connectivity index is 2.80. The Morgan fingerprint density at radius 3 is 1.78 bits per heavy atom. The third-order valence-corrected chi connectivity index (χ3v) is 1.89. The number of aromatic nitrogens is 3. The molecule has 0 atom stereocenters. The van der Waals surface area contributed by atoms with Gasteiger partial charge in [0.05, 0.1) is 0 Å². The molecular formula is C11H15N3O3S. The van der Waals surface area contributed by atoms with E-state index in [1.165, 1.54) is 11.8 Å². The average Bonchev–Trinajstić information content (AvgIpc) is 2.40. The van der Waals surface area contributed by atoms with Crippen molar-refractivity contribution < 1.29 is 14.2 Å². The van der Waals surface area contributed by atoms with Gasteiger partial charge in [-0.2, -0.15) is 0 Å². The lowest BCUT2D eigenvalue weighted by atomic mass is 10.7. The van der Waals surface area contributed by atoms with Gasteiger partial charge in [-0.15, -0.1) is 26.7 Å². The maximum atomic E-state index is 5.29. The van der Waals surface area contributed by atoms with Gasteiger partial charge in [0.15, 0.2) is 0 Å². The fourth-order valence-corrected chi connectivity index (χ4v) is 1.12. The molecule has 1 heterocycles. The number of nitrogens with zero attached hydrogens (tertiary/aromatic N) is 3. The number of hydrogen-bond acceptors (Lipinski definition) is 7. The summed E-state index contributed by atoms with van der Waals surface area (Å²) in [6, 6.07) is 0.442. The average molecular weight is 269 g/mol. The van der Waals surface area contributed by atoms with Crippen molar-refractivity contribution in [2.75, 3.05) is 25.4 Å². The van der Waals surface area contributed by atoms with Crippen LogP contribution in [0.2, 0.25) is 0 Å². The van der Waals surface area contributed by atoms with E-state index in [1.54, 1.807) is 12.2 Å². The molecule has 0 bridgehead atoms. The third kappa shape index (κ3) is 5.05. The minimum absolute atomic E-state index is 0.139. The lowest BCUT2D eigenvalue weighted by molar-refractivity contribution is 0.274. The second-order valence-corrected chi connectivity index (χ2v) is 3.75. The van der Waals surface area contributed by atoms with Gasteiger partial charge in [-0.1, -0.05) is 25.3 Å². The summed E-state index contributed by atoms with van der Waals surface area (Å²) in [6.07, 6.45) is 5.10. The van der Waals surface area contributed by atoms with Crippen LogP contribution in [0.1, 0.15) is 0 Å². The normalized spacial score (nSPS) is 9.61. The van der Waals surface area contributed by atoms with Gasteiger partial charge >= 0.3 is 18.0 Å². The van der Waals surface area contributed by atoms with E-state index in [9.17, 15) is 0 Å². The monoisotopic (exact) mass is 269 g/mol. The molecule has 0 unspecified atom stereocenters. The Bertz CT molecular complexity index is 371. The predicted molar refractivity (Wildman–Crippen MR) is 70.2 cm³/mol. The molecule has 0 aliphatic carbocycles. The molecule has 0 aromatic carbocycles. The topological polar surface area (TPSA) is 66.4 Å². The van der Waals surface area contributed by atoms with E-state index in [-0.39, 0.29) is 18.0 Å². The van der Waals surface area contributed by atoms with Crippen LogP contribution in [0.25, 0.3) is 0 Å². The lowest BCUT2D eigenvalue weighted by Gasteiger charge is -2.07. The predicted octanol–water partition coefficient (Wildman–Crippen LogP) is 1.70. The number of rotatable bonds is 9. The first-order chi connectivity index (χ1) is 8.80. The summed E-state index contributed by atoms with van der Waals surface area (Å²) in [4.78, 5) is 11.9. The molecule has 1 aromatic heterocycles. The van der Waals surface area contributed by atoms with E-state index in [0.717, 1.165) is 0 Å². The fraction of sp³-hybridized carbons (Fsp3) is 0.364. The minimum Gasteiger partial charge on any atom is -0.459 e. The van der Waals surface area contributed by atoms with Gasteiger partial charge in [0, 0.05) is 0 Å². The van der Waals surface area contributed by atoms with Crippen molar-refractivity contribution in [3.8, 4) is 18.0 Å². The van der Waals surface area contributed by atoms with E-state index in [4.69, 9.17) is 14.2 Å². The van der Waals surface area contributed by atoms with Crippen LogP contribution in [0.3, 0.4) is 0 Å². The molecule has 0 fully saturated rings. The van der Waals surface area contributed by atoms with Crippen molar-refractivity contribution in [3.63, 3.8) is 0 Å². The maximum Gasteiger partial charge on any atom is 0.326 e. The van der Waals surface area contributed by atoms with Crippen LogP contribution < -0.4 is 14.2 Å². The molecule has 0 saturated heterocycles. The van der Waals surface area contributed by atoms with Gasteiger partial charge in [-0.05, 0) is 6.26 Å². The Labute approximate surface area is 110 Å². The molecule has 0 radical (unpaired) electrons. The molecule has 0 saturated carbocycles. The Morgan fingerprint density at radius 2 is 1.39 bits per heavy atom. The molecule has 0 N–H and O–H groups in total. The highest BCUT2D eigenvalue weighted by atomic mass is 32.2. The van der Waals surface area contributed by atoms with Crippen molar-refractivity contribution in [1.82, 2.24) is 15.0 Å². The van der Waals surface area contributed by atoms with Gasteiger partial charge in [0.25, 0.3) is 0 Å². The third-order valence-electron chi connectivity index (χ3n) is 1.54. The Hall–Kier alpha value is -1.76. The summed E-state index contributed by atoms with van der Waals surface area (Å²) in [5, 5.41) is 0. The lowest BCUT2D eigenvalue weighted by Crippen LogP contribution is -2.07. The molecule has 0 amide bonds. The van der Waals surface area contributed by atoms with Crippen LogP contribution in [-0.4, -0.2) is 40.4 Å². The molecular weight excluding hydrogens is 254 g/mol. The standard InChI is InChI=1S/C11H15N3O3S/c1-4-6-15-9-12-10(16-7-5-2)14-11(13-9)17-8-18-3/h4-5H,1-2,6-8H2,3H3. The summed E-state index contributed by atoms with van der Waals surface area (Å²) in [7, 11) is 0. The maximum absolute atomic E-state index is 5.29. The van der Waals surface area contributed by atoms with E-state index in [0.29, 0.717) is 19.2 Å². The van der Waals surface area contributed by atoms with E-state index < -0.39 is 0 Å². The van der Waals surface area contributed by atoms with Crippen LogP contribution in [0.4, 0.5) is 0 Å². The van der Waals surface area contributed by atoms with Gasteiger partial charge in [-0.3, -0.25) is 0 Å². The highest BCUT2D eigenvalue weighted by Gasteiger charge is 2.09. The van der Waals surface area contributed by atoms with E-state index in [2.05, 4.69) is 28.1 Å². The molecule has 0 aliphatic rings.